The van der Waals surface area contributed by atoms with Crippen LogP contribution >= 0.6 is 11.8 Å². The average Bonchev–Trinajstić information content (AvgIpc) is 2.53. The summed E-state index contributed by atoms with van der Waals surface area (Å²) in [5.74, 6) is -0.993. The molecule has 130 valence electrons. The van der Waals surface area contributed by atoms with Crippen LogP contribution in [-0.2, 0) is 19.1 Å². The molecule has 8 nitrogen and oxygen atoms in total. The Morgan fingerprint density at radius 2 is 2.04 bits per heavy atom. The summed E-state index contributed by atoms with van der Waals surface area (Å²) >= 11 is 1.22. The summed E-state index contributed by atoms with van der Waals surface area (Å²) < 4.78 is 4.60. The van der Waals surface area contributed by atoms with Gasteiger partial charge in [-0.2, -0.15) is 0 Å². The Morgan fingerprint density at radius 3 is 2.67 bits per heavy atom. The fourth-order valence-electron chi connectivity index (χ4n) is 2.42. The van der Waals surface area contributed by atoms with Gasteiger partial charge in [0, 0.05) is 24.5 Å². The summed E-state index contributed by atoms with van der Waals surface area (Å²) in [7, 11) is 1.25. The third-order valence-corrected chi connectivity index (χ3v) is 4.36. The maximum absolute atomic E-state index is 12.5. The first-order valence-corrected chi connectivity index (χ1v) is 8.48. The molecule has 0 saturated carbocycles. The zero-order valence-electron chi connectivity index (χ0n) is 13.9. The number of methoxy groups -OCH3 is 1. The Balaban J connectivity index is 2.02. The van der Waals surface area contributed by atoms with Crippen molar-refractivity contribution in [3.05, 3.63) is 17.5 Å². The van der Waals surface area contributed by atoms with Crippen LogP contribution in [0.1, 0.15) is 17.8 Å². The number of carbonyl (C=O) groups excluding carboxylic acids is 3. The molecule has 0 aromatic carbocycles. The number of nitrogens with zero attached hydrogens (tertiary/aromatic N) is 3. The highest BCUT2D eigenvalue weighted by atomic mass is 32.2. The standard InChI is InChI=1S/C15H20N4O4S/c1-9-6-10(2)18-15(17-9)24-8-12(20)19-5-4-16-14(22)11(19)7-13(21)23-3/h6,11H,4-5,7-8H2,1-3H3,(H,16,22). The lowest BCUT2D eigenvalue weighted by Crippen LogP contribution is -2.58. The molecule has 0 spiro atoms. The van der Waals surface area contributed by atoms with Crippen molar-refractivity contribution in [1.29, 1.82) is 0 Å². The molecule has 0 radical (unpaired) electrons. The number of piperazine rings is 1. The van der Waals surface area contributed by atoms with E-state index in [0.29, 0.717) is 18.2 Å². The second kappa shape index (κ2) is 8.09. The number of aryl methyl sites for hydroxylation is 2. The first-order chi connectivity index (χ1) is 11.4. The molecule has 1 aliphatic heterocycles. The van der Waals surface area contributed by atoms with Crippen LogP contribution in [0, 0.1) is 13.8 Å². The number of nitrogens with one attached hydrogen (secondary N) is 1. The summed E-state index contributed by atoms with van der Waals surface area (Å²) in [5.41, 5.74) is 1.66. The van der Waals surface area contributed by atoms with Crippen molar-refractivity contribution < 1.29 is 19.1 Å². The first kappa shape index (κ1) is 18.2. The number of carbonyl (C=O) groups is 3. The zero-order valence-corrected chi connectivity index (χ0v) is 14.7. The van der Waals surface area contributed by atoms with Crippen LogP contribution in [0.5, 0.6) is 0 Å². The van der Waals surface area contributed by atoms with E-state index in [9.17, 15) is 14.4 Å². The lowest BCUT2D eigenvalue weighted by Gasteiger charge is -2.34. The van der Waals surface area contributed by atoms with Gasteiger partial charge in [-0.3, -0.25) is 14.4 Å². The Kier molecular flexibility index (Phi) is 6.13. The van der Waals surface area contributed by atoms with Crippen molar-refractivity contribution in [2.75, 3.05) is 26.0 Å². The van der Waals surface area contributed by atoms with E-state index in [2.05, 4.69) is 20.0 Å². The summed E-state index contributed by atoms with van der Waals surface area (Å²) in [5, 5.41) is 3.18. The molecule has 0 bridgehead atoms. The Bertz CT molecular complexity index is 632. The van der Waals surface area contributed by atoms with Gasteiger partial charge in [0.2, 0.25) is 11.8 Å². The summed E-state index contributed by atoms with van der Waals surface area (Å²) in [6, 6.07) is 1.02. The molecule has 9 heteroatoms. The Morgan fingerprint density at radius 1 is 1.38 bits per heavy atom. The van der Waals surface area contributed by atoms with Gasteiger partial charge in [-0.15, -0.1) is 0 Å². The number of hydrogen-bond acceptors (Lipinski definition) is 7. The second-order valence-electron chi connectivity index (χ2n) is 5.40. The molecule has 1 aliphatic rings. The molecule has 2 amide bonds. The average molecular weight is 352 g/mol. The quantitative estimate of drug-likeness (QED) is 0.455. The van der Waals surface area contributed by atoms with E-state index < -0.39 is 12.0 Å². The number of rotatable bonds is 5. The molecule has 1 aromatic rings. The van der Waals surface area contributed by atoms with Gasteiger partial charge in [0.1, 0.15) is 6.04 Å². The van der Waals surface area contributed by atoms with Crippen molar-refractivity contribution in [1.82, 2.24) is 20.2 Å². The minimum Gasteiger partial charge on any atom is -0.469 e. The number of aromatic nitrogens is 2. The number of thioether (sulfide) groups is 1. The van der Waals surface area contributed by atoms with Gasteiger partial charge in [-0.25, -0.2) is 9.97 Å². The largest absolute Gasteiger partial charge is 0.469 e. The fraction of sp³-hybridized carbons (Fsp3) is 0.533. The number of ether oxygens (including phenoxy) is 1. The predicted octanol–water partition coefficient (Wildman–Crippen LogP) is 0.0756. The molecule has 1 fully saturated rings. The maximum atomic E-state index is 12.5. The number of hydrogen-bond donors (Lipinski definition) is 1. The van der Waals surface area contributed by atoms with Crippen LogP contribution in [0.4, 0.5) is 0 Å². The van der Waals surface area contributed by atoms with Crippen LogP contribution in [0.25, 0.3) is 0 Å². The molecule has 1 N–H and O–H groups in total. The molecule has 24 heavy (non-hydrogen) atoms. The van der Waals surface area contributed by atoms with Gasteiger partial charge < -0.3 is 15.0 Å². The Hall–Kier alpha value is -2.16. The van der Waals surface area contributed by atoms with E-state index in [1.165, 1.54) is 23.8 Å². The van der Waals surface area contributed by atoms with Crippen molar-refractivity contribution in [3.63, 3.8) is 0 Å². The second-order valence-corrected chi connectivity index (χ2v) is 6.34. The van der Waals surface area contributed by atoms with Gasteiger partial charge in [-0.1, -0.05) is 11.8 Å². The molecule has 2 rings (SSSR count). The van der Waals surface area contributed by atoms with Crippen LogP contribution in [-0.4, -0.2) is 64.6 Å². The topological polar surface area (TPSA) is 101 Å². The highest BCUT2D eigenvalue weighted by Crippen LogP contribution is 2.17. The predicted molar refractivity (Wildman–Crippen MR) is 87.4 cm³/mol. The van der Waals surface area contributed by atoms with Crippen molar-refractivity contribution in [3.8, 4) is 0 Å². The molecule has 2 heterocycles. The van der Waals surface area contributed by atoms with E-state index in [1.54, 1.807) is 0 Å². The number of amides is 2. The van der Waals surface area contributed by atoms with Crippen LogP contribution in [0.15, 0.2) is 11.2 Å². The molecule has 1 unspecified atom stereocenters. The third-order valence-electron chi connectivity index (χ3n) is 3.53. The SMILES string of the molecule is COC(=O)CC1C(=O)NCCN1C(=O)CSc1nc(C)cc(C)n1. The minimum absolute atomic E-state index is 0.105. The van der Waals surface area contributed by atoms with E-state index in [0.717, 1.165) is 11.4 Å². The normalized spacial score (nSPS) is 17.4. The lowest BCUT2D eigenvalue weighted by molar-refractivity contribution is -0.149. The van der Waals surface area contributed by atoms with E-state index in [4.69, 9.17) is 0 Å². The van der Waals surface area contributed by atoms with Crippen LogP contribution in [0.3, 0.4) is 0 Å². The van der Waals surface area contributed by atoms with Gasteiger partial charge in [0.05, 0.1) is 19.3 Å². The molecular weight excluding hydrogens is 332 g/mol. The number of esters is 1. The first-order valence-electron chi connectivity index (χ1n) is 7.49. The summed E-state index contributed by atoms with van der Waals surface area (Å²) in [4.78, 5) is 45.9. The molecule has 1 aromatic heterocycles. The van der Waals surface area contributed by atoms with E-state index in [1.807, 2.05) is 19.9 Å². The van der Waals surface area contributed by atoms with E-state index in [-0.39, 0.29) is 24.0 Å². The van der Waals surface area contributed by atoms with Gasteiger partial charge >= 0.3 is 5.97 Å². The summed E-state index contributed by atoms with van der Waals surface area (Å²) in [6.07, 6.45) is -0.154. The highest BCUT2D eigenvalue weighted by molar-refractivity contribution is 7.99. The van der Waals surface area contributed by atoms with Crippen LogP contribution < -0.4 is 5.32 Å². The van der Waals surface area contributed by atoms with Gasteiger partial charge in [0.15, 0.2) is 5.16 Å². The molecular formula is C15H20N4O4S. The van der Waals surface area contributed by atoms with Crippen molar-refractivity contribution in [2.45, 2.75) is 31.5 Å². The molecule has 1 atom stereocenters. The fourth-order valence-corrected chi connectivity index (χ4v) is 3.26. The van der Waals surface area contributed by atoms with Gasteiger partial charge in [-0.05, 0) is 19.9 Å². The monoisotopic (exact) mass is 352 g/mol. The smallest absolute Gasteiger partial charge is 0.308 e. The van der Waals surface area contributed by atoms with E-state index >= 15 is 0 Å². The minimum atomic E-state index is -0.834. The zero-order chi connectivity index (χ0) is 17.7. The van der Waals surface area contributed by atoms with Crippen molar-refractivity contribution >= 4 is 29.5 Å². The summed E-state index contributed by atoms with van der Waals surface area (Å²) in [6.45, 7) is 4.46. The van der Waals surface area contributed by atoms with Crippen molar-refractivity contribution in [2.24, 2.45) is 0 Å². The van der Waals surface area contributed by atoms with Crippen LogP contribution in [0.2, 0.25) is 0 Å². The lowest BCUT2D eigenvalue weighted by atomic mass is 10.1. The third kappa shape index (κ3) is 4.67. The van der Waals surface area contributed by atoms with Gasteiger partial charge in [0.25, 0.3) is 0 Å². The highest BCUT2D eigenvalue weighted by Gasteiger charge is 2.34. The Labute approximate surface area is 144 Å². The maximum Gasteiger partial charge on any atom is 0.308 e. The molecule has 0 aliphatic carbocycles. The molecule has 1 saturated heterocycles.